The second-order valence-corrected chi connectivity index (χ2v) is 12.2. The second-order valence-electron chi connectivity index (χ2n) is 12.2. The molecule has 0 saturated carbocycles. The average molecular weight is 596 g/mol. The lowest BCUT2D eigenvalue weighted by Gasteiger charge is -2.37. The molecular formula is C32H41N11O. The molecule has 0 spiro atoms. The minimum absolute atomic E-state index is 0.0835. The fraction of sp³-hybridized carbons (Fsp3) is 0.469. The Kier molecular flexibility index (Phi) is 7.55. The third-order valence-corrected chi connectivity index (χ3v) is 8.94. The average Bonchev–Trinajstić information content (AvgIpc) is 3.72. The van der Waals surface area contributed by atoms with Crippen LogP contribution in [0.15, 0.2) is 43.0 Å². The molecule has 0 amide bonds. The zero-order valence-corrected chi connectivity index (χ0v) is 26.2. The monoisotopic (exact) mass is 595 g/mol. The van der Waals surface area contributed by atoms with E-state index in [2.05, 4.69) is 80.5 Å². The van der Waals surface area contributed by atoms with Gasteiger partial charge in [-0.05, 0) is 39.8 Å². The number of nitrogens with one attached hydrogen (secondary N) is 1. The van der Waals surface area contributed by atoms with Gasteiger partial charge in [-0.1, -0.05) is 0 Å². The van der Waals surface area contributed by atoms with Crippen molar-refractivity contribution in [3.63, 3.8) is 0 Å². The molecule has 1 saturated heterocycles. The molecule has 1 N–H and O–H groups in total. The fourth-order valence-corrected chi connectivity index (χ4v) is 6.32. The van der Waals surface area contributed by atoms with Gasteiger partial charge in [-0.3, -0.25) is 14.5 Å². The van der Waals surface area contributed by atoms with Crippen LogP contribution in [0.2, 0.25) is 0 Å². The van der Waals surface area contributed by atoms with E-state index in [1.807, 2.05) is 19.3 Å². The number of aryl methyl sites for hydroxylation is 2. The molecule has 7 heterocycles. The van der Waals surface area contributed by atoms with E-state index in [1.54, 1.807) is 17.1 Å². The van der Waals surface area contributed by atoms with Crippen LogP contribution in [-0.4, -0.2) is 87.7 Å². The fourth-order valence-electron chi connectivity index (χ4n) is 6.32. The Morgan fingerprint density at radius 1 is 1.07 bits per heavy atom. The van der Waals surface area contributed by atoms with E-state index in [0.717, 1.165) is 73.4 Å². The number of rotatable bonds is 5. The number of piperazine rings is 1. The van der Waals surface area contributed by atoms with Crippen molar-refractivity contribution in [3.05, 3.63) is 48.7 Å². The van der Waals surface area contributed by atoms with Crippen LogP contribution in [-0.2, 0) is 20.1 Å². The van der Waals surface area contributed by atoms with Gasteiger partial charge in [-0.25, -0.2) is 19.6 Å². The standard InChI is InChI=1S/C32H41N11O/c1-6-41-19-23(15-24(41)20-40-10-12-42(13-11-40)21(2)3)30-25-17-34-29-16-27(25)43(38-30)22(4)8-14-44-32-26(18-35-39(32)5)31-33-9-7-28(36-29)37-31/h7,9,15-19,21-22H,6,8,10-14,20H2,1-5H3,(H,33,34,36,37). The van der Waals surface area contributed by atoms with Gasteiger partial charge in [0, 0.05) is 100 Å². The molecule has 0 aliphatic carbocycles. The van der Waals surface area contributed by atoms with E-state index < -0.39 is 0 Å². The Morgan fingerprint density at radius 3 is 2.70 bits per heavy atom. The highest BCUT2D eigenvalue weighted by molar-refractivity contribution is 5.94. The lowest BCUT2D eigenvalue weighted by atomic mass is 10.1. The lowest BCUT2D eigenvalue weighted by Crippen LogP contribution is -2.48. The molecule has 12 nitrogen and oxygen atoms in total. The Labute approximate surface area is 257 Å². The molecule has 5 aromatic heterocycles. The molecule has 0 aromatic carbocycles. The summed E-state index contributed by atoms with van der Waals surface area (Å²) in [4.78, 5) is 19.2. The van der Waals surface area contributed by atoms with Crippen LogP contribution < -0.4 is 10.1 Å². The van der Waals surface area contributed by atoms with Crippen LogP contribution in [0.25, 0.3) is 33.5 Å². The highest BCUT2D eigenvalue weighted by Crippen LogP contribution is 2.34. The maximum Gasteiger partial charge on any atom is 0.222 e. The molecule has 12 heteroatoms. The Morgan fingerprint density at radius 2 is 1.91 bits per heavy atom. The summed E-state index contributed by atoms with van der Waals surface area (Å²) in [5.41, 5.74) is 5.17. The van der Waals surface area contributed by atoms with Crippen molar-refractivity contribution in [2.75, 3.05) is 38.1 Å². The summed E-state index contributed by atoms with van der Waals surface area (Å²) in [5, 5.41) is 14.0. The van der Waals surface area contributed by atoms with Gasteiger partial charge in [0.05, 0.1) is 24.4 Å². The molecule has 4 bridgehead atoms. The number of anilines is 2. The number of fused-ring (bicyclic) bond motifs is 5. The van der Waals surface area contributed by atoms with Crippen LogP contribution in [0.1, 0.15) is 45.9 Å². The van der Waals surface area contributed by atoms with Gasteiger partial charge >= 0.3 is 0 Å². The minimum Gasteiger partial charge on any atom is -0.477 e. The molecule has 1 fully saturated rings. The first-order valence-corrected chi connectivity index (χ1v) is 15.7. The first kappa shape index (κ1) is 28.5. The quantitative estimate of drug-likeness (QED) is 0.309. The number of aromatic nitrogens is 8. The summed E-state index contributed by atoms with van der Waals surface area (Å²) < 4.78 is 12.5. The van der Waals surface area contributed by atoms with Crippen LogP contribution in [0.5, 0.6) is 5.88 Å². The Hall–Kier alpha value is -4.29. The van der Waals surface area contributed by atoms with Crippen LogP contribution in [0.4, 0.5) is 11.6 Å². The second kappa shape index (κ2) is 11.7. The van der Waals surface area contributed by atoms with E-state index in [4.69, 9.17) is 19.8 Å². The van der Waals surface area contributed by atoms with Crippen molar-refractivity contribution >= 4 is 22.5 Å². The summed E-state index contributed by atoms with van der Waals surface area (Å²) in [6.45, 7) is 15.7. The lowest BCUT2D eigenvalue weighted by molar-refractivity contribution is 0.102. The Balaban J connectivity index is 1.24. The first-order valence-electron chi connectivity index (χ1n) is 15.7. The van der Waals surface area contributed by atoms with Crippen LogP contribution >= 0.6 is 0 Å². The number of hydrogen-bond acceptors (Lipinski definition) is 9. The molecule has 2 aliphatic heterocycles. The highest BCUT2D eigenvalue weighted by atomic mass is 16.5. The highest BCUT2D eigenvalue weighted by Gasteiger charge is 2.23. The minimum atomic E-state index is 0.0835. The van der Waals surface area contributed by atoms with Crippen LogP contribution in [0, 0.1) is 0 Å². The topological polar surface area (TPSA) is 107 Å². The molecule has 5 aromatic rings. The Bertz CT molecular complexity index is 1780. The van der Waals surface area contributed by atoms with E-state index >= 15 is 0 Å². The van der Waals surface area contributed by atoms with E-state index in [-0.39, 0.29) is 6.04 Å². The van der Waals surface area contributed by atoms with Gasteiger partial charge in [-0.15, -0.1) is 0 Å². The van der Waals surface area contributed by atoms with Gasteiger partial charge < -0.3 is 14.6 Å². The van der Waals surface area contributed by atoms with Crippen LogP contribution in [0.3, 0.4) is 0 Å². The van der Waals surface area contributed by atoms with Gasteiger partial charge in [0.1, 0.15) is 22.9 Å². The van der Waals surface area contributed by atoms with Gasteiger partial charge in [0.2, 0.25) is 5.88 Å². The third kappa shape index (κ3) is 5.32. The van der Waals surface area contributed by atoms with Crippen molar-refractivity contribution in [1.29, 1.82) is 0 Å². The SMILES string of the molecule is CCn1cc(-c2nn3c4cc(ncc24)Nc2ccnc(n2)-c2cnn(C)c2OCCC3C)cc1CN1CCN(C(C)C)CC1. The number of nitrogens with zero attached hydrogens (tertiary/aromatic N) is 10. The van der Waals surface area contributed by atoms with E-state index in [9.17, 15) is 0 Å². The third-order valence-electron chi connectivity index (χ3n) is 8.94. The normalized spacial score (nSPS) is 17.9. The number of hydrogen-bond donors (Lipinski definition) is 1. The molecule has 2 aliphatic rings. The molecule has 0 radical (unpaired) electrons. The van der Waals surface area contributed by atoms with Gasteiger partial charge in [0.25, 0.3) is 0 Å². The van der Waals surface area contributed by atoms with Crippen molar-refractivity contribution in [2.24, 2.45) is 7.05 Å². The first-order chi connectivity index (χ1) is 21.4. The van der Waals surface area contributed by atoms with Crippen molar-refractivity contribution in [3.8, 4) is 28.5 Å². The summed E-state index contributed by atoms with van der Waals surface area (Å²) in [6, 6.07) is 6.90. The molecule has 230 valence electrons. The molecule has 1 unspecified atom stereocenters. The molecule has 44 heavy (non-hydrogen) atoms. The van der Waals surface area contributed by atoms with E-state index in [0.29, 0.717) is 36.0 Å². The maximum atomic E-state index is 6.27. The van der Waals surface area contributed by atoms with Crippen molar-refractivity contribution in [1.82, 2.24) is 48.9 Å². The maximum absolute atomic E-state index is 6.27. The zero-order chi connectivity index (χ0) is 30.4. The predicted molar refractivity (Wildman–Crippen MR) is 171 cm³/mol. The summed E-state index contributed by atoms with van der Waals surface area (Å²) in [7, 11) is 1.87. The number of ether oxygens (including phenoxy) is 1. The molecular weight excluding hydrogens is 554 g/mol. The van der Waals surface area contributed by atoms with Gasteiger partial charge in [-0.2, -0.15) is 10.2 Å². The molecule has 7 rings (SSSR count). The van der Waals surface area contributed by atoms with Crippen molar-refractivity contribution < 1.29 is 4.74 Å². The molecule has 1 atom stereocenters. The van der Waals surface area contributed by atoms with Gasteiger partial charge in [0.15, 0.2) is 5.82 Å². The smallest absolute Gasteiger partial charge is 0.222 e. The predicted octanol–water partition coefficient (Wildman–Crippen LogP) is 4.72. The number of pyridine rings is 1. The van der Waals surface area contributed by atoms with E-state index in [1.165, 1.54) is 5.69 Å². The summed E-state index contributed by atoms with van der Waals surface area (Å²) >= 11 is 0. The summed E-state index contributed by atoms with van der Waals surface area (Å²) in [5.74, 6) is 2.55. The summed E-state index contributed by atoms with van der Waals surface area (Å²) in [6.07, 6.45) is 8.42. The zero-order valence-electron chi connectivity index (χ0n) is 26.2. The van der Waals surface area contributed by atoms with Crippen molar-refractivity contribution in [2.45, 2.75) is 59.3 Å². The largest absolute Gasteiger partial charge is 0.477 e.